The van der Waals surface area contributed by atoms with Crippen LogP contribution in [0, 0.1) is 0 Å². The van der Waals surface area contributed by atoms with Crippen LogP contribution in [0.3, 0.4) is 0 Å². The van der Waals surface area contributed by atoms with Gasteiger partial charge in [0.1, 0.15) is 5.69 Å². The number of carbonyl (C=O) groups is 2. The van der Waals surface area contributed by atoms with E-state index in [2.05, 4.69) is 26.4 Å². The average molecular weight is 460 g/mol. The number of anilines is 1. The van der Waals surface area contributed by atoms with Crippen LogP contribution in [-0.2, 0) is 4.74 Å². The molecule has 26 heavy (non-hydrogen) atoms. The summed E-state index contributed by atoms with van der Waals surface area (Å²) in [4.78, 5) is 24.5. The summed E-state index contributed by atoms with van der Waals surface area (Å²) in [6.07, 6.45) is 0. The van der Waals surface area contributed by atoms with E-state index >= 15 is 0 Å². The number of amides is 1. The molecule has 0 aliphatic heterocycles. The molecule has 0 saturated heterocycles. The van der Waals surface area contributed by atoms with Crippen molar-refractivity contribution < 1.29 is 23.3 Å². The highest BCUT2D eigenvalue weighted by Crippen LogP contribution is 2.38. The highest BCUT2D eigenvalue weighted by atomic mass is 79.9. The molecular weight excluding hydrogens is 451 g/mol. The summed E-state index contributed by atoms with van der Waals surface area (Å²) in [5, 5.41) is 6.75. The van der Waals surface area contributed by atoms with Crippen molar-refractivity contribution in [2.45, 2.75) is 0 Å². The topological polar surface area (TPSA) is 94.6 Å². The van der Waals surface area contributed by atoms with Gasteiger partial charge in [0, 0.05) is 5.56 Å². The Morgan fingerprint density at radius 1 is 1.19 bits per heavy atom. The maximum Gasteiger partial charge on any atom is 0.345 e. The fourth-order valence-corrected chi connectivity index (χ4v) is 3.05. The number of ether oxygens (including phenoxy) is 1. The molecule has 10 heteroatoms. The van der Waals surface area contributed by atoms with E-state index in [0.717, 1.165) is 0 Å². The molecule has 0 radical (unpaired) electrons. The van der Waals surface area contributed by atoms with Crippen LogP contribution in [0.4, 0.5) is 5.88 Å². The molecule has 0 unspecified atom stereocenters. The molecule has 0 atom stereocenters. The van der Waals surface area contributed by atoms with E-state index in [4.69, 9.17) is 36.9 Å². The summed E-state index contributed by atoms with van der Waals surface area (Å²) >= 11 is 15.4. The summed E-state index contributed by atoms with van der Waals surface area (Å²) in [5.41, 5.74) is 0.200. The Morgan fingerprint density at radius 2 is 1.88 bits per heavy atom. The highest BCUT2D eigenvalue weighted by molar-refractivity contribution is 9.10. The lowest BCUT2D eigenvalue weighted by Crippen LogP contribution is -2.14. The number of furan rings is 1. The third-order valence-corrected chi connectivity index (χ3v) is 4.36. The van der Waals surface area contributed by atoms with Crippen LogP contribution in [-0.4, -0.2) is 24.1 Å². The maximum atomic E-state index is 12.3. The molecule has 0 fully saturated rings. The molecule has 1 N–H and O–H groups in total. The number of hydrogen-bond donors (Lipinski definition) is 1. The first-order chi connectivity index (χ1) is 12.4. The normalized spacial score (nSPS) is 10.6. The van der Waals surface area contributed by atoms with Gasteiger partial charge in [0.15, 0.2) is 16.0 Å². The third kappa shape index (κ3) is 3.48. The fraction of sp³-hybridized carbons (Fsp3) is 0.0625. The first-order valence-electron chi connectivity index (χ1n) is 7.01. The number of hydrogen-bond acceptors (Lipinski definition) is 6. The smallest absolute Gasteiger partial charge is 0.345 e. The van der Waals surface area contributed by atoms with Crippen molar-refractivity contribution in [2.24, 2.45) is 0 Å². The first kappa shape index (κ1) is 18.5. The first-order valence-corrected chi connectivity index (χ1v) is 8.56. The number of halogens is 3. The molecule has 2 aromatic heterocycles. The van der Waals surface area contributed by atoms with Gasteiger partial charge in [-0.3, -0.25) is 10.1 Å². The van der Waals surface area contributed by atoms with Gasteiger partial charge < -0.3 is 13.7 Å². The molecule has 0 spiro atoms. The van der Waals surface area contributed by atoms with E-state index < -0.39 is 11.9 Å². The Hall–Kier alpha value is -2.29. The largest absolute Gasteiger partial charge is 0.465 e. The summed E-state index contributed by atoms with van der Waals surface area (Å²) < 4.78 is 15.4. The van der Waals surface area contributed by atoms with Crippen molar-refractivity contribution in [3.63, 3.8) is 0 Å². The van der Waals surface area contributed by atoms with Crippen LogP contribution in [0.5, 0.6) is 0 Å². The number of methoxy groups -OCH3 is 1. The van der Waals surface area contributed by atoms with Gasteiger partial charge in [-0.05, 0) is 40.2 Å². The van der Waals surface area contributed by atoms with Gasteiger partial charge in [-0.1, -0.05) is 34.4 Å². The van der Waals surface area contributed by atoms with E-state index in [1.165, 1.54) is 13.2 Å². The quantitative estimate of drug-likeness (QED) is 0.549. The molecule has 7 nitrogen and oxygen atoms in total. The lowest BCUT2D eigenvalue weighted by atomic mass is 10.1. The van der Waals surface area contributed by atoms with Gasteiger partial charge in [-0.2, -0.15) is 0 Å². The van der Waals surface area contributed by atoms with Crippen molar-refractivity contribution in [2.75, 3.05) is 12.4 Å². The Labute approximate surface area is 165 Å². The number of nitrogens with zero attached hydrogens (tertiary/aromatic N) is 1. The molecule has 0 aliphatic rings. The van der Waals surface area contributed by atoms with E-state index in [1.54, 1.807) is 24.3 Å². The highest BCUT2D eigenvalue weighted by Gasteiger charge is 2.29. The molecule has 0 aliphatic carbocycles. The van der Waals surface area contributed by atoms with Gasteiger partial charge in [-0.25, -0.2) is 4.79 Å². The SMILES string of the molecule is COC(=O)c1c(-c2c(Cl)cccc2Cl)noc1NC(=O)c1ccc(Br)o1. The molecule has 0 saturated carbocycles. The number of aromatic nitrogens is 1. The summed E-state index contributed by atoms with van der Waals surface area (Å²) in [5.74, 6) is -1.65. The van der Waals surface area contributed by atoms with Crippen LogP contribution in [0.15, 0.2) is 43.9 Å². The lowest BCUT2D eigenvalue weighted by Gasteiger charge is -2.06. The van der Waals surface area contributed by atoms with E-state index in [9.17, 15) is 9.59 Å². The van der Waals surface area contributed by atoms with Crippen LogP contribution < -0.4 is 5.32 Å². The molecule has 0 bridgehead atoms. The second-order valence-electron chi connectivity index (χ2n) is 4.88. The Morgan fingerprint density at radius 3 is 2.46 bits per heavy atom. The van der Waals surface area contributed by atoms with E-state index in [1.807, 2.05) is 0 Å². The second kappa shape index (κ2) is 7.53. The van der Waals surface area contributed by atoms with Crippen molar-refractivity contribution in [3.05, 3.63) is 56.4 Å². The standard InChI is InChI=1S/C16H9BrCl2N2O5/c1-24-16(23)12-13(11-7(18)3-2-4-8(11)19)21-26-15(12)20-14(22)9-5-6-10(17)25-9/h2-6H,1H3,(H,20,22). The minimum absolute atomic E-state index is 0.00131. The fourth-order valence-electron chi connectivity index (χ4n) is 2.16. The Kier molecular flexibility index (Phi) is 5.36. The van der Waals surface area contributed by atoms with Gasteiger partial charge in [0.05, 0.1) is 17.2 Å². The minimum atomic E-state index is -0.784. The molecular formula is C16H9BrCl2N2O5. The van der Waals surface area contributed by atoms with Gasteiger partial charge in [0.25, 0.3) is 5.91 Å². The number of esters is 1. The number of benzene rings is 1. The summed E-state index contributed by atoms with van der Waals surface area (Å²) in [6.45, 7) is 0. The van der Waals surface area contributed by atoms with Crippen molar-refractivity contribution in [1.29, 1.82) is 0 Å². The van der Waals surface area contributed by atoms with Gasteiger partial charge in [0.2, 0.25) is 5.88 Å². The molecule has 3 aromatic rings. The molecule has 1 aromatic carbocycles. The van der Waals surface area contributed by atoms with Crippen LogP contribution in [0.25, 0.3) is 11.3 Å². The zero-order valence-electron chi connectivity index (χ0n) is 13.0. The number of rotatable bonds is 4. The monoisotopic (exact) mass is 458 g/mol. The second-order valence-corrected chi connectivity index (χ2v) is 6.48. The maximum absolute atomic E-state index is 12.3. The molecule has 3 rings (SSSR count). The number of nitrogens with one attached hydrogen (secondary N) is 1. The lowest BCUT2D eigenvalue weighted by molar-refractivity contribution is 0.0602. The average Bonchev–Trinajstić information content (AvgIpc) is 3.21. The predicted octanol–water partition coefficient (Wildman–Crippen LogP) is 5.04. The third-order valence-electron chi connectivity index (χ3n) is 3.31. The molecule has 2 heterocycles. The van der Waals surface area contributed by atoms with E-state index in [0.29, 0.717) is 4.67 Å². The van der Waals surface area contributed by atoms with Crippen molar-refractivity contribution in [3.8, 4) is 11.3 Å². The molecule has 1 amide bonds. The van der Waals surface area contributed by atoms with Crippen molar-refractivity contribution in [1.82, 2.24) is 5.16 Å². The van der Waals surface area contributed by atoms with Gasteiger partial charge >= 0.3 is 5.97 Å². The van der Waals surface area contributed by atoms with Crippen molar-refractivity contribution >= 4 is 56.9 Å². The number of carbonyl (C=O) groups excluding carboxylic acids is 2. The minimum Gasteiger partial charge on any atom is -0.465 e. The summed E-state index contributed by atoms with van der Waals surface area (Å²) in [7, 11) is 1.18. The van der Waals surface area contributed by atoms with Crippen LogP contribution >= 0.6 is 39.1 Å². The predicted molar refractivity (Wildman–Crippen MR) is 97.7 cm³/mol. The molecule has 134 valence electrons. The summed E-state index contributed by atoms with van der Waals surface area (Å²) in [6, 6.07) is 7.79. The zero-order chi connectivity index (χ0) is 18.8. The Balaban J connectivity index is 2.06. The van der Waals surface area contributed by atoms with Crippen LogP contribution in [0.2, 0.25) is 10.0 Å². The van der Waals surface area contributed by atoms with Crippen LogP contribution in [0.1, 0.15) is 20.9 Å². The Bertz CT molecular complexity index is 978. The van der Waals surface area contributed by atoms with E-state index in [-0.39, 0.29) is 38.5 Å². The van der Waals surface area contributed by atoms with Gasteiger partial charge in [-0.15, -0.1) is 0 Å². The zero-order valence-corrected chi connectivity index (χ0v) is 16.1.